The Bertz CT molecular complexity index is 2830. The number of nitrogens with one attached hydrogen (secondary N) is 4. The Morgan fingerprint density at radius 2 is 1.17 bits per heavy atom. The molecule has 0 aliphatic heterocycles. The molecule has 0 unspecified atom stereocenters. The number of sulfonamides is 3. The number of amides is 2. The van der Waals surface area contributed by atoms with Gasteiger partial charge in [0.15, 0.2) is 0 Å². The molecule has 0 radical (unpaired) electrons. The summed E-state index contributed by atoms with van der Waals surface area (Å²) in [4.78, 5) is 23.6. The molecule has 2 amide bonds. The molecule has 0 aliphatic carbocycles. The predicted molar refractivity (Wildman–Crippen MR) is 200 cm³/mol. The molecule has 0 fully saturated rings. The van der Waals surface area contributed by atoms with Crippen molar-refractivity contribution in [2.75, 3.05) is 20.1 Å². The lowest BCUT2D eigenvalue weighted by Crippen LogP contribution is -2.19. The Kier molecular flexibility index (Phi) is 9.67. The van der Waals surface area contributed by atoms with Gasteiger partial charge in [-0.2, -0.15) is 0 Å². The van der Waals surface area contributed by atoms with E-state index in [0.29, 0.717) is 16.5 Å². The number of nitrogens with two attached hydrogens (primary N) is 1. The highest BCUT2D eigenvalue weighted by Crippen LogP contribution is 2.32. The van der Waals surface area contributed by atoms with Crippen molar-refractivity contribution in [3.8, 4) is 5.75 Å². The molecule has 6 aromatic carbocycles. The number of carboxylic acids is 1. The zero-order chi connectivity index (χ0) is 38.3. The van der Waals surface area contributed by atoms with E-state index in [2.05, 4.69) is 20.1 Å². The molecule has 0 bridgehead atoms. The molecule has 0 atom stereocenters. The van der Waals surface area contributed by atoms with E-state index >= 15 is 0 Å². The van der Waals surface area contributed by atoms with Gasteiger partial charge < -0.3 is 20.8 Å². The minimum absolute atomic E-state index is 0.00876. The molecular weight excluding hydrogens is 770 g/mol. The number of hydrogen-bond donors (Lipinski definition) is 7. The first-order valence-electron chi connectivity index (χ1n) is 15.0. The van der Waals surface area contributed by atoms with Crippen LogP contribution in [0.2, 0.25) is 5.02 Å². The smallest absolute Gasteiger partial charge is 0.337 e. The molecule has 0 aliphatic rings. The van der Waals surface area contributed by atoms with Gasteiger partial charge in [-0.05, 0) is 101 Å². The number of carbonyl (C=O) groups is 2. The number of hydrogen-bond acceptors (Lipinski definition) is 9. The molecule has 8 N–H and O–H groups in total. The van der Waals surface area contributed by atoms with E-state index in [1.807, 2.05) is 0 Å². The Morgan fingerprint density at radius 3 is 1.85 bits per heavy atom. The Balaban J connectivity index is 1.19. The van der Waals surface area contributed by atoms with Crippen molar-refractivity contribution in [1.82, 2.24) is 0 Å². The summed E-state index contributed by atoms with van der Waals surface area (Å²) in [7, 11) is -12.6. The van der Waals surface area contributed by atoms with Gasteiger partial charge in [-0.15, -0.1) is 0 Å². The van der Waals surface area contributed by atoms with Crippen LogP contribution >= 0.6 is 11.6 Å². The fourth-order valence-corrected chi connectivity index (χ4v) is 8.18. The second-order valence-electron chi connectivity index (χ2n) is 11.5. The Labute approximate surface area is 307 Å². The van der Waals surface area contributed by atoms with Crippen molar-refractivity contribution < 1.29 is 45.1 Å². The second-order valence-corrected chi connectivity index (χ2v) is 16.8. The Hall–Kier alpha value is -5.92. The first kappa shape index (κ1) is 36.9. The van der Waals surface area contributed by atoms with Gasteiger partial charge in [-0.25, -0.2) is 40.0 Å². The summed E-state index contributed by atoms with van der Waals surface area (Å²) in [5.41, 5.74) is 0.155. The monoisotopic (exact) mass is 795 g/mol. The number of aromatic carboxylic acids is 1. The SMILES string of the molecule is NS(=O)(=O)c1cccc(NS(=O)(=O)c2cc(O)c3ccc(NC(=O)Nc4ccc5ccc(S(=O)(=O)Nc6ccc(Cl)c(C(=O)O)c6)cc5c4)cc3c2)c1. The van der Waals surface area contributed by atoms with Crippen LogP contribution in [0.5, 0.6) is 5.75 Å². The van der Waals surface area contributed by atoms with Crippen LogP contribution in [0.4, 0.5) is 27.5 Å². The zero-order valence-electron chi connectivity index (χ0n) is 26.7. The fourth-order valence-electron chi connectivity index (χ4n) is 5.24. The number of primary sulfonamides is 1. The van der Waals surface area contributed by atoms with Crippen LogP contribution in [0.25, 0.3) is 21.5 Å². The van der Waals surface area contributed by atoms with E-state index in [4.69, 9.17) is 16.7 Å². The maximum absolute atomic E-state index is 13.2. The molecule has 0 aromatic heterocycles. The van der Waals surface area contributed by atoms with Crippen molar-refractivity contribution in [1.29, 1.82) is 0 Å². The first-order chi connectivity index (χ1) is 24.9. The minimum Gasteiger partial charge on any atom is -0.507 e. The summed E-state index contributed by atoms with van der Waals surface area (Å²) in [5, 5.41) is 31.9. The number of carbonyl (C=O) groups excluding carboxylic acids is 1. The molecule has 6 rings (SSSR count). The lowest BCUT2D eigenvalue weighted by molar-refractivity contribution is 0.0697. The molecular formula is C34H26ClN5O10S3. The van der Waals surface area contributed by atoms with Gasteiger partial charge >= 0.3 is 12.0 Å². The topological polar surface area (TPSA) is 251 Å². The van der Waals surface area contributed by atoms with Gasteiger partial charge in [0, 0.05) is 28.5 Å². The normalized spacial score (nSPS) is 12.0. The summed E-state index contributed by atoms with van der Waals surface area (Å²) in [6.07, 6.45) is 0. The molecule has 0 saturated carbocycles. The minimum atomic E-state index is -4.33. The van der Waals surface area contributed by atoms with Gasteiger partial charge in [0.05, 0.1) is 31.0 Å². The number of aromatic hydroxyl groups is 1. The molecule has 272 valence electrons. The number of carboxylic acid groups (broad SMARTS) is 1. The first-order valence-corrected chi connectivity index (χ1v) is 19.9. The fraction of sp³-hybridized carbons (Fsp3) is 0. The van der Waals surface area contributed by atoms with Crippen molar-refractivity contribution in [3.63, 3.8) is 0 Å². The molecule has 0 spiro atoms. The lowest BCUT2D eigenvalue weighted by atomic mass is 10.1. The van der Waals surface area contributed by atoms with Gasteiger partial charge in [0.2, 0.25) is 10.0 Å². The third-order valence-corrected chi connectivity index (χ3v) is 11.7. The number of benzene rings is 6. The third kappa shape index (κ3) is 8.27. The standard InChI is InChI=1S/C34H26ClN5O10S3/c35-31-11-8-25(17-30(31)33(42)43)40-52(47,48)27-9-5-19-4-6-22(12-20(19)14-27)37-34(44)38-23-7-10-29-21(13-23)15-28(18-32(29)41)53(49,50)39-24-2-1-3-26(16-24)51(36,45)46/h1-18,39-41H,(H,42,43)(H2,36,45,46)(H2,37,38,44). The predicted octanol–water partition coefficient (Wildman–Crippen LogP) is 5.94. The average Bonchev–Trinajstić information content (AvgIpc) is 3.08. The van der Waals surface area contributed by atoms with E-state index in [1.54, 1.807) is 24.3 Å². The Morgan fingerprint density at radius 1 is 0.585 bits per heavy atom. The number of halogens is 1. The zero-order valence-corrected chi connectivity index (χ0v) is 29.9. The van der Waals surface area contributed by atoms with Crippen LogP contribution in [0.3, 0.4) is 0 Å². The summed E-state index contributed by atoms with van der Waals surface area (Å²) >= 11 is 5.89. The largest absolute Gasteiger partial charge is 0.507 e. The van der Waals surface area contributed by atoms with Gasteiger partial charge in [-0.1, -0.05) is 29.8 Å². The van der Waals surface area contributed by atoms with E-state index in [1.165, 1.54) is 66.7 Å². The summed E-state index contributed by atoms with van der Waals surface area (Å²) in [5.74, 6) is -1.70. The van der Waals surface area contributed by atoms with E-state index in [9.17, 15) is 45.1 Å². The second kappa shape index (κ2) is 13.9. The van der Waals surface area contributed by atoms with Gasteiger partial charge in [-0.3, -0.25) is 9.44 Å². The molecule has 19 heteroatoms. The van der Waals surface area contributed by atoms with Crippen molar-refractivity contribution in [2.45, 2.75) is 14.7 Å². The van der Waals surface area contributed by atoms with Crippen LogP contribution in [-0.4, -0.2) is 47.5 Å². The van der Waals surface area contributed by atoms with Crippen molar-refractivity contribution in [3.05, 3.63) is 120 Å². The average molecular weight is 796 g/mol. The van der Waals surface area contributed by atoms with Crippen LogP contribution < -0.4 is 25.2 Å². The number of phenols is 1. The molecule has 0 heterocycles. The highest BCUT2D eigenvalue weighted by molar-refractivity contribution is 7.93. The maximum Gasteiger partial charge on any atom is 0.337 e. The molecule has 53 heavy (non-hydrogen) atoms. The number of anilines is 4. The van der Waals surface area contributed by atoms with Crippen molar-refractivity contribution in [2.24, 2.45) is 5.14 Å². The lowest BCUT2D eigenvalue weighted by Gasteiger charge is -2.13. The number of urea groups is 1. The summed E-state index contributed by atoms with van der Waals surface area (Å²) in [6, 6.07) is 23.6. The van der Waals surface area contributed by atoms with Crippen molar-refractivity contribution >= 4 is 98.0 Å². The number of phenolic OH excluding ortho intramolecular Hbond substituents is 1. The quantitative estimate of drug-likeness (QED) is 0.0859. The van der Waals surface area contributed by atoms with E-state index in [0.717, 1.165) is 18.2 Å². The number of rotatable bonds is 10. The number of fused-ring (bicyclic) bond motifs is 2. The summed E-state index contributed by atoms with van der Waals surface area (Å²) < 4.78 is 80.6. The van der Waals surface area contributed by atoms with Crippen LogP contribution in [-0.2, 0) is 30.1 Å². The summed E-state index contributed by atoms with van der Waals surface area (Å²) in [6.45, 7) is 0. The third-order valence-electron chi connectivity index (χ3n) is 7.72. The highest BCUT2D eigenvalue weighted by atomic mass is 35.5. The van der Waals surface area contributed by atoms with Gasteiger partial charge in [0.1, 0.15) is 5.75 Å². The van der Waals surface area contributed by atoms with Crippen LogP contribution in [0.1, 0.15) is 10.4 Å². The molecule has 0 saturated heterocycles. The van der Waals surface area contributed by atoms with Gasteiger partial charge in [0.25, 0.3) is 20.0 Å². The maximum atomic E-state index is 13.2. The highest BCUT2D eigenvalue weighted by Gasteiger charge is 2.20. The van der Waals surface area contributed by atoms with Crippen LogP contribution in [0, 0.1) is 0 Å². The van der Waals surface area contributed by atoms with Crippen LogP contribution in [0.15, 0.2) is 124 Å². The molecule has 6 aromatic rings. The van der Waals surface area contributed by atoms with E-state index in [-0.39, 0.29) is 58.9 Å². The van der Waals surface area contributed by atoms with E-state index < -0.39 is 42.1 Å². The molecule has 15 nitrogen and oxygen atoms in total.